The molecule has 0 aliphatic rings. The highest BCUT2D eigenvalue weighted by Gasteiger charge is 2.14. The van der Waals surface area contributed by atoms with Crippen molar-refractivity contribution in [2.24, 2.45) is 0 Å². The molecule has 2 rings (SSSR count). The lowest BCUT2D eigenvalue weighted by Crippen LogP contribution is -2.13. The highest BCUT2D eigenvalue weighted by molar-refractivity contribution is 6.02. The van der Waals surface area contributed by atoms with Gasteiger partial charge in [-0.1, -0.05) is 0 Å². The van der Waals surface area contributed by atoms with Crippen molar-refractivity contribution in [3.8, 4) is 0 Å². The summed E-state index contributed by atoms with van der Waals surface area (Å²) >= 11 is 0. The molecule has 0 aliphatic carbocycles. The van der Waals surface area contributed by atoms with Crippen LogP contribution in [0.4, 0.5) is 5.82 Å². The molecule has 7 heteroatoms. The highest BCUT2D eigenvalue weighted by atomic mass is 16.4. The fourth-order valence-corrected chi connectivity index (χ4v) is 1.29. The normalized spacial score (nSPS) is 10.1. The van der Waals surface area contributed by atoms with Crippen LogP contribution in [0.1, 0.15) is 26.6 Å². The topological polar surface area (TPSA) is 105 Å². The Morgan fingerprint density at radius 1 is 1.33 bits per heavy atom. The number of rotatable bonds is 3. The number of nitrogens with zero attached hydrogens (tertiary/aromatic N) is 2. The molecule has 0 aromatic carbocycles. The molecule has 92 valence electrons. The molecule has 0 spiro atoms. The van der Waals surface area contributed by atoms with E-state index >= 15 is 0 Å². The van der Waals surface area contributed by atoms with Gasteiger partial charge in [-0.05, 0) is 19.1 Å². The zero-order valence-corrected chi connectivity index (χ0v) is 9.38. The summed E-state index contributed by atoms with van der Waals surface area (Å²) in [6.45, 7) is 1.64. The van der Waals surface area contributed by atoms with Crippen LogP contribution in [-0.4, -0.2) is 27.0 Å². The number of carbonyl (C=O) groups is 2. The maximum atomic E-state index is 11.7. The monoisotopic (exact) mass is 247 g/mol. The van der Waals surface area contributed by atoms with Crippen molar-refractivity contribution in [2.45, 2.75) is 6.92 Å². The predicted octanol–water partition coefficient (Wildman–Crippen LogP) is 1.33. The smallest absolute Gasteiger partial charge is 0.337 e. The summed E-state index contributed by atoms with van der Waals surface area (Å²) in [4.78, 5) is 29.9. The minimum Gasteiger partial charge on any atom is -0.478 e. The van der Waals surface area contributed by atoms with E-state index < -0.39 is 11.9 Å². The second-order valence-electron chi connectivity index (χ2n) is 3.46. The Morgan fingerprint density at radius 2 is 2.11 bits per heavy atom. The lowest BCUT2D eigenvalue weighted by Gasteiger charge is -2.02. The quantitative estimate of drug-likeness (QED) is 0.847. The second kappa shape index (κ2) is 4.66. The first kappa shape index (κ1) is 11.8. The van der Waals surface area contributed by atoms with Gasteiger partial charge in [0.15, 0.2) is 6.39 Å². The molecular formula is C11H9N3O4. The molecular weight excluding hydrogens is 238 g/mol. The van der Waals surface area contributed by atoms with Crippen molar-refractivity contribution in [1.29, 1.82) is 0 Å². The van der Waals surface area contributed by atoms with Gasteiger partial charge in [-0.15, -0.1) is 0 Å². The molecule has 0 saturated heterocycles. The molecule has 7 nitrogen and oxygen atoms in total. The van der Waals surface area contributed by atoms with E-state index in [1.165, 1.54) is 18.5 Å². The molecule has 2 aromatic heterocycles. The van der Waals surface area contributed by atoms with Crippen molar-refractivity contribution < 1.29 is 19.1 Å². The Morgan fingerprint density at radius 3 is 2.61 bits per heavy atom. The third kappa shape index (κ3) is 2.34. The number of carbonyl (C=O) groups excluding carboxylic acids is 1. The van der Waals surface area contributed by atoms with Crippen molar-refractivity contribution >= 4 is 17.7 Å². The lowest BCUT2D eigenvalue weighted by molar-refractivity contribution is 0.0696. The maximum absolute atomic E-state index is 11.7. The fraction of sp³-hybridized carbons (Fsp3) is 0.0909. The number of aromatic carboxylic acids is 1. The van der Waals surface area contributed by atoms with Crippen LogP contribution < -0.4 is 5.32 Å². The summed E-state index contributed by atoms with van der Waals surface area (Å²) in [5, 5.41) is 11.2. The van der Waals surface area contributed by atoms with Crippen LogP contribution in [0, 0.1) is 6.92 Å². The molecule has 1 amide bonds. The van der Waals surface area contributed by atoms with Crippen LogP contribution in [-0.2, 0) is 0 Å². The largest absolute Gasteiger partial charge is 0.478 e. The first-order valence-corrected chi connectivity index (χ1v) is 4.98. The molecule has 0 unspecified atom stereocenters. The Bertz CT molecular complexity index is 589. The summed E-state index contributed by atoms with van der Waals surface area (Å²) in [6, 6.07) is 2.74. The summed E-state index contributed by atoms with van der Waals surface area (Å²) < 4.78 is 4.92. The van der Waals surface area contributed by atoms with E-state index in [9.17, 15) is 9.59 Å². The number of amides is 1. The molecule has 18 heavy (non-hydrogen) atoms. The molecule has 0 bridgehead atoms. The molecule has 2 aromatic rings. The zero-order chi connectivity index (χ0) is 13.1. The Kier molecular flexibility index (Phi) is 3.05. The highest BCUT2D eigenvalue weighted by Crippen LogP contribution is 2.10. The third-order valence-corrected chi connectivity index (χ3v) is 2.20. The average Bonchev–Trinajstić information content (AvgIpc) is 2.76. The van der Waals surface area contributed by atoms with Gasteiger partial charge in [0.2, 0.25) is 5.76 Å². The van der Waals surface area contributed by atoms with Gasteiger partial charge in [-0.2, -0.15) is 0 Å². The van der Waals surface area contributed by atoms with Gasteiger partial charge in [0.05, 0.1) is 11.3 Å². The van der Waals surface area contributed by atoms with Gasteiger partial charge in [0.1, 0.15) is 5.82 Å². The number of carboxylic acid groups (broad SMARTS) is 1. The van der Waals surface area contributed by atoms with Gasteiger partial charge in [0, 0.05) is 6.20 Å². The van der Waals surface area contributed by atoms with E-state index in [2.05, 4.69) is 15.3 Å². The Labute approximate surface area is 101 Å². The predicted molar refractivity (Wildman–Crippen MR) is 60.4 cm³/mol. The van der Waals surface area contributed by atoms with E-state index in [1.807, 2.05) is 0 Å². The summed E-state index contributed by atoms with van der Waals surface area (Å²) in [6.07, 6.45) is 2.33. The number of nitrogens with one attached hydrogen (secondary N) is 1. The van der Waals surface area contributed by atoms with E-state index in [1.54, 1.807) is 6.92 Å². The number of oxazole rings is 1. The van der Waals surface area contributed by atoms with Gasteiger partial charge in [-0.3, -0.25) is 4.79 Å². The van der Waals surface area contributed by atoms with Crippen molar-refractivity contribution in [3.63, 3.8) is 0 Å². The summed E-state index contributed by atoms with van der Waals surface area (Å²) in [5.74, 6) is -1.23. The lowest BCUT2D eigenvalue weighted by atomic mass is 10.3. The van der Waals surface area contributed by atoms with Crippen LogP contribution in [0.3, 0.4) is 0 Å². The van der Waals surface area contributed by atoms with Crippen LogP contribution in [0.5, 0.6) is 0 Å². The van der Waals surface area contributed by atoms with Crippen molar-refractivity contribution in [2.75, 3.05) is 5.32 Å². The van der Waals surface area contributed by atoms with Crippen molar-refractivity contribution in [3.05, 3.63) is 41.7 Å². The molecule has 0 saturated carbocycles. The number of anilines is 1. The van der Waals surface area contributed by atoms with Gasteiger partial charge in [-0.25, -0.2) is 14.8 Å². The third-order valence-electron chi connectivity index (χ3n) is 2.20. The molecule has 0 fully saturated rings. The molecule has 0 radical (unpaired) electrons. The number of hydrogen-bond donors (Lipinski definition) is 2. The van der Waals surface area contributed by atoms with E-state index in [0.29, 0.717) is 5.69 Å². The first-order valence-electron chi connectivity index (χ1n) is 4.98. The van der Waals surface area contributed by atoms with E-state index in [-0.39, 0.29) is 17.1 Å². The van der Waals surface area contributed by atoms with Gasteiger partial charge < -0.3 is 14.8 Å². The SMILES string of the molecule is Cc1ncoc1C(=O)Nc1ccc(C(=O)O)cn1. The zero-order valence-electron chi connectivity index (χ0n) is 9.38. The number of carboxylic acids is 1. The van der Waals surface area contributed by atoms with Crippen molar-refractivity contribution in [1.82, 2.24) is 9.97 Å². The summed E-state index contributed by atoms with van der Waals surface area (Å²) in [5.41, 5.74) is 0.513. The summed E-state index contributed by atoms with van der Waals surface area (Å²) in [7, 11) is 0. The molecule has 0 atom stereocenters. The Balaban J connectivity index is 2.13. The van der Waals surface area contributed by atoms with E-state index in [0.717, 1.165) is 6.20 Å². The fourth-order valence-electron chi connectivity index (χ4n) is 1.29. The number of hydrogen-bond acceptors (Lipinski definition) is 5. The van der Waals surface area contributed by atoms with Gasteiger partial charge >= 0.3 is 5.97 Å². The minimum atomic E-state index is -1.08. The molecule has 2 heterocycles. The van der Waals surface area contributed by atoms with Crippen LogP contribution in [0.2, 0.25) is 0 Å². The number of aromatic nitrogens is 2. The second-order valence-corrected chi connectivity index (χ2v) is 3.46. The number of aryl methyl sites for hydroxylation is 1. The average molecular weight is 247 g/mol. The molecule has 0 aliphatic heterocycles. The minimum absolute atomic E-state index is 0.0452. The maximum Gasteiger partial charge on any atom is 0.337 e. The van der Waals surface area contributed by atoms with Crippen LogP contribution in [0.15, 0.2) is 29.1 Å². The Hall–Kier alpha value is -2.70. The van der Waals surface area contributed by atoms with E-state index in [4.69, 9.17) is 9.52 Å². The van der Waals surface area contributed by atoms with Crippen LogP contribution >= 0.6 is 0 Å². The van der Waals surface area contributed by atoms with Crippen LogP contribution in [0.25, 0.3) is 0 Å². The molecule has 2 N–H and O–H groups in total. The standard InChI is InChI=1S/C11H9N3O4/c1-6-9(18-5-13-6)10(15)14-8-3-2-7(4-12-8)11(16)17/h2-5H,1H3,(H,16,17)(H,12,14,15). The first-order chi connectivity index (χ1) is 8.58. The van der Waals surface area contributed by atoms with Gasteiger partial charge in [0.25, 0.3) is 5.91 Å². The number of pyridine rings is 1.